The molecule has 1 aromatic carbocycles. The molecule has 7 heteroatoms. The highest BCUT2D eigenvalue weighted by molar-refractivity contribution is 5.97. The number of aryl methyl sites for hydroxylation is 1. The number of fused-ring (bicyclic) bond motifs is 1. The van der Waals surface area contributed by atoms with Crippen LogP contribution in [0.4, 0.5) is 0 Å². The summed E-state index contributed by atoms with van der Waals surface area (Å²) in [5.74, 6) is 0.925. The third-order valence-electron chi connectivity index (χ3n) is 5.16. The van der Waals surface area contributed by atoms with E-state index in [9.17, 15) is 9.59 Å². The third-order valence-corrected chi connectivity index (χ3v) is 5.16. The quantitative estimate of drug-likeness (QED) is 0.795. The van der Waals surface area contributed by atoms with Crippen molar-refractivity contribution in [1.82, 2.24) is 14.9 Å². The van der Waals surface area contributed by atoms with Crippen LogP contribution in [0.25, 0.3) is 11.0 Å². The number of carbonyl (C=O) groups is 2. The molecule has 2 aromatic rings. The molecule has 7 nitrogen and oxygen atoms in total. The molecule has 1 amide bonds. The number of nitrogens with one attached hydrogen (secondary N) is 1. The number of hydrogen-bond acceptors (Lipinski definition) is 5. The number of esters is 1. The van der Waals surface area contributed by atoms with E-state index in [1.807, 2.05) is 13.1 Å². The second-order valence-electron chi connectivity index (χ2n) is 6.93. The van der Waals surface area contributed by atoms with Crippen molar-refractivity contribution in [1.29, 1.82) is 0 Å². The van der Waals surface area contributed by atoms with Crippen LogP contribution in [0.1, 0.15) is 54.2 Å². The first-order valence-electron chi connectivity index (χ1n) is 9.06. The van der Waals surface area contributed by atoms with E-state index in [0.29, 0.717) is 17.5 Å². The minimum Gasteiger partial charge on any atom is -0.469 e. The van der Waals surface area contributed by atoms with E-state index in [2.05, 4.69) is 14.6 Å². The van der Waals surface area contributed by atoms with Gasteiger partial charge in [-0.05, 0) is 43.9 Å². The molecule has 0 aliphatic heterocycles. The van der Waals surface area contributed by atoms with Gasteiger partial charge in [-0.3, -0.25) is 9.59 Å². The summed E-state index contributed by atoms with van der Waals surface area (Å²) in [5.41, 5.74) is 8.38. The number of hydrogen-bond donors (Lipinski definition) is 2. The molecule has 1 heterocycles. The molecule has 0 unspecified atom stereocenters. The van der Waals surface area contributed by atoms with E-state index in [4.69, 9.17) is 10.7 Å². The van der Waals surface area contributed by atoms with Gasteiger partial charge >= 0.3 is 5.97 Å². The van der Waals surface area contributed by atoms with Gasteiger partial charge in [0.2, 0.25) is 0 Å². The number of nitrogens with two attached hydrogens (primary N) is 1. The molecule has 1 aliphatic rings. The van der Waals surface area contributed by atoms with Crippen LogP contribution in [0.3, 0.4) is 0 Å². The summed E-state index contributed by atoms with van der Waals surface area (Å²) in [5, 5.41) is 2.73. The molecule has 0 saturated heterocycles. The van der Waals surface area contributed by atoms with Crippen LogP contribution in [0, 0.1) is 0 Å². The van der Waals surface area contributed by atoms with Gasteiger partial charge in [-0.2, -0.15) is 0 Å². The Labute approximate surface area is 152 Å². The van der Waals surface area contributed by atoms with Gasteiger partial charge in [-0.15, -0.1) is 0 Å². The lowest BCUT2D eigenvalue weighted by molar-refractivity contribution is -0.140. The fourth-order valence-electron chi connectivity index (χ4n) is 3.58. The molecule has 1 fully saturated rings. The zero-order valence-corrected chi connectivity index (χ0v) is 15.3. The number of benzene rings is 1. The Morgan fingerprint density at radius 2 is 2.04 bits per heavy atom. The number of aromatic nitrogens is 2. The van der Waals surface area contributed by atoms with Crippen molar-refractivity contribution in [3.63, 3.8) is 0 Å². The van der Waals surface area contributed by atoms with Gasteiger partial charge in [0.15, 0.2) is 0 Å². The normalized spacial score (nSPS) is 20.1. The maximum atomic E-state index is 12.3. The lowest BCUT2D eigenvalue weighted by Gasteiger charge is -2.25. The fourth-order valence-corrected chi connectivity index (χ4v) is 3.58. The number of methoxy groups -OCH3 is 1. The van der Waals surface area contributed by atoms with Crippen molar-refractivity contribution in [2.24, 2.45) is 12.8 Å². The van der Waals surface area contributed by atoms with Gasteiger partial charge in [0.25, 0.3) is 5.91 Å². The molecule has 3 rings (SSSR count). The Hall–Kier alpha value is -2.41. The molecule has 0 radical (unpaired) electrons. The SMILES string of the molecule is COC(=O)CCNC(=O)c1ccc2c(c1)nc(C1CCC(N)CC1)n2C. The van der Waals surface area contributed by atoms with Crippen molar-refractivity contribution in [3.8, 4) is 0 Å². The predicted molar refractivity (Wildman–Crippen MR) is 98.9 cm³/mol. The Morgan fingerprint density at radius 3 is 2.73 bits per heavy atom. The van der Waals surface area contributed by atoms with Gasteiger partial charge in [0.1, 0.15) is 5.82 Å². The van der Waals surface area contributed by atoms with Crippen LogP contribution in [0.15, 0.2) is 18.2 Å². The van der Waals surface area contributed by atoms with E-state index in [1.165, 1.54) is 7.11 Å². The monoisotopic (exact) mass is 358 g/mol. The summed E-state index contributed by atoms with van der Waals surface area (Å²) in [4.78, 5) is 28.2. The average Bonchev–Trinajstić information content (AvgIpc) is 2.98. The Morgan fingerprint density at radius 1 is 1.31 bits per heavy atom. The molecule has 0 bridgehead atoms. The number of amides is 1. The van der Waals surface area contributed by atoms with Crippen LogP contribution >= 0.6 is 0 Å². The second-order valence-corrected chi connectivity index (χ2v) is 6.93. The summed E-state index contributed by atoms with van der Waals surface area (Å²) < 4.78 is 6.69. The molecule has 140 valence electrons. The van der Waals surface area contributed by atoms with Gasteiger partial charge < -0.3 is 20.4 Å². The second kappa shape index (κ2) is 7.86. The van der Waals surface area contributed by atoms with Crippen LogP contribution in [-0.2, 0) is 16.6 Å². The minimum absolute atomic E-state index is 0.155. The highest BCUT2D eigenvalue weighted by Crippen LogP contribution is 2.33. The molecule has 1 aliphatic carbocycles. The molecular formula is C19H26N4O3. The number of rotatable bonds is 5. The third kappa shape index (κ3) is 3.88. The zero-order chi connectivity index (χ0) is 18.7. The molecule has 1 aromatic heterocycles. The minimum atomic E-state index is -0.345. The molecule has 26 heavy (non-hydrogen) atoms. The summed E-state index contributed by atoms with van der Waals surface area (Å²) in [7, 11) is 3.35. The standard InChI is InChI=1S/C19H26N4O3/c1-23-16-8-5-13(19(25)21-10-9-17(24)26-2)11-15(16)22-18(23)12-3-6-14(20)7-4-12/h5,8,11-12,14H,3-4,6-7,9-10,20H2,1-2H3,(H,21,25). The molecule has 1 saturated carbocycles. The van der Waals surface area contributed by atoms with Gasteiger partial charge in [-0.1, -0.05) is 0 Å². The predicted octanol–water partition coefficient (Wildman–Crippen LogP) is 1.85. The fraction of sp³-hybridized carbons (Fsp3) is 0.526. The first-order valence-corrected chi connectivity index (χ1v) is 9.06. The van der Waals surface area contributed by atoms with Crippen molar-refractivity contribution in [2.45, 2.75) is 44.1 Å². The van der Waals surface area contributed by atoms with Gasteiger partial charge in [0.05, 0.1) is 24.6 Å². The maximum absolute atomic E-state index is 12.3. The summed E-state index contributed by atoms with van der Waals surface area (Å²) in [6, 6.07) is 5.83. The van der Waals surface area contributed by atoms with Crippen LogP contribution < -0.4 is 11.1 Å². The van der Waals surface area contributed by atoms with E-state index in [0.717, 1.165) is 42.5 Å². The van der Waals surface area contributed by atoms with E-state index >= 15 is 0 Å². The largest absolute Gasteiger partial charge is 0.469 e. The highest BCUT2D eigenvalue weighted by atomic mass is 16.5. The number of ether oxygens (including phenoxy) is 1. The Kier molecular flexibility index (Phi) is 5.56. The maximum Gasteiger partial charge on any atom is 0.307 e. The van der Waals surface area contributed by atoms with Crippen molar-refractivity contribution >= 4 is 22.9 Å². The van der Waals surface area contributed by atoms with Gasteiger partial charge in [-0.25, -0.2) is 4.98 Å². The lowest BCUT2D eigenvalue weighted by atomic mass is 9.86. The zero-order valence-electron chi connectivity index (χ0n) is 15.3. The summed E-state index contributed by atoms with van der Waals surface area (Å²) >= 11 is 0. The summed E-state index contributed by atoms with van der Waals surface area (Å²) in [6.07, 6.45) is 4.32. The van der Waals surface area contributed by atoms with E-state index < -0.39 is 0 Å². The first kappa shape index (κ1) is 18.4. The van der Waals surface area contributed by atoms with Crippen molar-refractivity contribution in [2.75, 3.05) is 13.7 Å². The Balaban J connectivity index is 1.74. The smallest absolute Gasteiger partial charge is 0.307 e. The lowest BCUT2D eigenvalue weighted by Crippen LogP contribution is -2.26. The topological polar surface area (TPSA) is 99.2 Å². The number of imidazole rings is 1. The molecular weight excluding hydrogens is 332 g/mol. The molecule has 0 atom stereocenters. The van der Waals surface area contributed by atoms with Crippen LogP contribution in [-0.4, -0.2) is 41.1 Å². The van der Waals surface area contributed by atoms with Crippen LogP contribution in [0.5, 0.6) is 0 Å². The Bertz CT molecular complexity index is 806. The molecule has 0 spiro atoms. The van der Waals surface area contributed by atoms with Crippen molar-refractivity contribution in [3.05, 3.63) is 29.6 Å². The highest BCUT2D eigenvalue weighted by Gasteiger charge is 2.24. The van der Waals surface area contributed by atoms with Gasteiger partial charge in [0, 0.05) is 31.1 Å². The number of carbonyl (C=O) groups excluding carboxylic acids is 2. The van der Waals surface area contributed by atoms with E-state index in [1.54, 1.807) is 12.1 Å². The van der Waals surface area contributed by atoms with Crippen molar-refractivity contribution < 1.29 is 14.3 Å². The average molecular weight is 358 g/mol. The van der Waals surface area contributed by atoms with E-state index in [-0.39, 0.29) is 24.8 Å². The van der Waals surface area contributed by atoms with Crippen LogP contribution in [0.2, 0.25) is 0 Å². The number of nitrogens with zero attached hydrogens (tertiary/aromatic N) is 2. The molecule has 3 N–H and O–H groups in total. The summed E-state index contributed by atoms with van der Waals surface area (Å²) in [6.45, 7) is 0.249. The first-order chi connectivity index (χ1) is 12.5.